The molecule has 2 bridgehead atoms. The third-order valence-electron chi connectivity index (χ3n) is 6.13. The minimum atomic E-state index is 0. The largest absolute Gasteiger partial charge is 0.497 e. The molecule has 0 spiro atoms. The van der Waals surface area contributed by atoms with Crippen molar-refractivity contribution in [1.82, 2.24) is 5.32 Å². The number of nitrogens with one attached hydrogen (secondary N) is 1. The van der Waals surface area contributed by atoms with Crippen LogP contribution in [-0.4, -0.2) is 13.2 Å². The van der Waals surface area contributed by atoms with Crippen LogP contribution in [0.2, 0.25) is 0 Å². The van der Waals surface area contributed by atoms with Crippen LogP contribution in [0.5, 0.6) is 5.75 Å². The van der Waals surface area contributed by atoms with Crippen molar-refractivity contribution < 1.29 is 4.74 Å². The zero-order chi connectivity index (χ0) is 13.5. The maximum Gasteiger partial charge on any atom is 0.119 e. The second kappa shape index (κ2) is 6.18. The van der Waals surface area contributed by atoms with Crippen molar-refractivity contribution in [3.05, 3.63) is 29.8 Å². The maximum absolute atomic E-state index is 5.31. The van der Waals surface area contributed by atoms with Crippen molar-refractivity contribution in [2.75, 3.05) is 7.11 Å². The fraction of sp³-hybridized carbons (Fsp3) is 0.667. The molecule has 0 aliphatic heterocycles. The predicted octanol–water partition coefficient (Wildman–Crippen LogP) is 4.03. The molecule has 2 nitrogen and oxygen atoms in total. The Morgan fingerprint density at radius 2 is 2.00 bits per heavy atom. The molecular formula is C18H26ClNO. The summed E-state index contributed by atoms with van der Waals surface area (Å²) in [7, 11) is 1.74. The van der Waals surface area contributed by atoms with Crippen molar-refractivity contribution >= 4 is 12.4 Å². The molecule has 3 saturated carbocycles. The van der Waals surface area contributed by atoms with Gasteiger partial charge in [0.25, 0.3) is 0 Å². The molecule has 2 unspecified atom stereocenters. The van der Waals surface area contributed by atoms with Crippen LogP contribution < -0.4 is 10.1 Å². The van der Waals surface area contributed by atoms with Crippen LogP contribution in [0.3, 0.4) is 0 Å². The molecule has 0 heterocycles. The van der Waals surface area contributed by atoms with E-state index in [-0.39, 0.29) is 12.4 Å². The monoisotopic (exact) mass is 307 g/mol. The lowest BCUT2D eigenvalue weighted by Gasteiger charge is -2.32. The van der Waals surface area contributed by atoms with Crippen LogP contribution in [0.4, 0.5) is 0 Å². The molecule has 1 aromatic rings. The predicted molar refractivity (Wildman–Crippen MR) is 87.9 cm³/mol. The lowest BCUT2D eigenvalue weighted by Crippen LogP contribution is -2.38. The van der Waals surface area contributed by atoms with Gasteiger partial charge in [-0.2, -0.15) is 0 Å². The summed E-state index contributed by atoms with van der Waals surface area (Å²) in [6.45, 7) is 0.989. The van der Waals surface area contributed by atoms with Gasteiger partial charge >= 0.3 is 0 Å². The molecule has 21 heavy (non-hydrogen) atoms. The van der Waals surface area contributed by atoms with Crippen LogP contribution >= 0.6 is 12.4 Å². The summed E-state index contributed by atoms with van der Waals surface area (Å²) in [4.78, 5) is 0. The Labute approximate surface area is 134 Å². The molecule has 0 aromatic heterocycles. The van der Waals surface area contributed by atoms with E-state index in [1.807, 2.05) is 6.07 Å². The molecule has 1 N–H and O–H groups in total. The van der Waals surface area contributed by atoms with E-state index in [2.05, 4.69) is 23.5 Å². The summed E-state index contributed by atoms with van der Waals surface area (Å²) in [5.74, 6) is 5.12. The standard InChI is InChI=1S/C18H25NO.ClH/c1-20-14-5-2-4-12(8-14)11-19-18-10-13-9-17(18)16-7-3-6-15(13)16;/h2,4-5,8,13,15-19H,3,6-7,9-11H2,1H3;1H/t13?,15-,16-,17?,18+;/m0./s1. The van der Waals surface area contributed by atoms with Gasteiger partial charge in [-0.25, -0.2) is 0 Å². The smallest absolute Gasteiger partial charge is 0.119 e. The SMILES string of the molecule is COc1cccc(CN[C@@H]2CC3CC2[C@H]2CCC[C@@H]32)c1.Cl. The highest BCUT2D eigenvalue weighted by Gasteiger charge is 2.53. The summed E-state index contributed by atoms with van der Waals surface area (Å²) in [6, 6.07) is 9.22. The second-order valence-corrected chi connectivity index (χ2v) is 6.99. The lowest BCUT2D eigenvalue weighted by atomic mass is 9.79. The first-order valence-electron chi connectivity index (χ1n) is 8.21. The maximum atomic E-state index is 5.31. The Balaban J connectivity index is 0.00000132. The molecular weight excluding hydrogens is 282 g/mol. The molecule has 3 fully saturated rings. The highest BCUT2D eigenvalue weighted by Crippen LogP contribution is 2.58. The quantitative estimate of drug-likeness (QED) is 0.906. The molecule has 116 valence electrons. The first-order chi connectivity index (χ1) is 9.85. The van der Waals surface area contributed by atoms with E-state index in [1.165, 1.54) is 37.7 Å². The van der Waals surface area contributed by atoms with Crippen LogP contribution in [0.1, 0.15) is 37.7 Å². The molecule has 0 saturated heterocycles. The topological polar surface area (TPSA) is 21.3 Å². The Hall–Kier alpha value is -0.730. The van der Waals surface area contributed by atoms with Gasteiger partial charge < -0.3 is 10.1 Å². The van der Waals surface area contributed by atoms with E-state index in [1.54, 1.807) is 7.11 Å². The molecule has 3 aliphatic rings. The van der Waals surface area contributed by atoms with Gasteiger partial charge in [-0.05, 0) is 67.1 Å². The Morgan fingerprint density at radius 3 is 2.86 bits per heavy atom. The first-order valence-corrected chi connectivity index (χ1v) is 8.21. The summed E-state index contributed by atoms with van der Waals surface area (Å²) in [5.41, 5.74) is 1.34. The van der Waals surface area contributed by atoms with Crippen LogP contribution in [0, 0.1) is 23.7 Å². The van der Waals surface area contributed by atoms with Crippen LogP contribution in [0.25, 0.3) is 0 Å². The van der Waals surface area contributed by atoms with Gasteiger partial charge in [0.1, 0.15) is 5.75 Å². The first kappa shape index (κ1) is 15.2. The van der Waals surface area contributed by atoms with Crippen LogP contribution in [-0.2, 0) is 6.54 Å². The number of methoxy groups -OCH3 is 1. The number of ether oxygens (including phenoxy) is 1. The van der Waals surface area contributed by atoms with Crippen molar-refractivity contribution in [3.8, 4) is 5.75 Å². The van der Waals surface area contributed by atoms with E-state index >= 15 is 0 Å². The summed E-state index contributed by atoms with van der Waals surface area (Å²) in [5, 5.41) is 3.84. The van der Waals surface area contributed by atoms with Crippen molar-refractivity contribution in [2.24, 2.45) is 23.7 Å². The Kier molecular flexibility index (Phi) is 4.46. The van der Waals surface area contributed by atoms with Gasteiger partial charge in [0.05, 0.1) is 7.11 Å². The van der Waals surface area contributed by atoms with E-state index in [9.17, 15) is 0 Å². The Morgan fingerprint density at radius 1 is 1.14 bits per heavy atom. The minimum Gasteiger partial charge on any atom is -0.497 e. The third kappa shape index (κ3) is 2.68. The zero-order valence-electron chi connectivity index (χ0n) is 12.8. The molecule has 3 aliphatic carbocycles. The van der Waals surface area contributed by atoms with Gasteiger partial charge in [-0.15, -0.1) is 12.4 Å². The van der Waals surface area contributed by atoms with Crippen molar-refractivity contribution in [1.29, 1.82) is 0 Å². The summed E-state index contributed by atoms with van der Waals surface area (Å²) >= 11 is 0. The normalized spacial score (nSPS) is 36.3. The number of halogens is 1. The fourth-order valence-corrected chi connectivity index (χ4v) is 5.33. The van der Waals surface area contributed by atoms with Crippen LogP contribution in [0.15, 0.2) is 24.3 Å². The fourth-order valence-electron chi connectivity index (χ4n) is 5.33. The van der Waals surface area contributed by atoms with Gasteiger partial charge in [0, 0.05) is 12.6 Å². The molecule has 4 rings (SSSR count). The second-order valence-electron chi connectivity index (χ2n) is 6.99. The highest BCUT2D eigenvalue weighted by molar-refractivity contribution is 5.85. The molecule has 1 aromatic carbocycles. The molecule has 0 amide bonds. The van der Waals surface area contributed by atoms with E-state index in [0.717, 1.165) is 42.0 Å². The highest BCUT2D eigenvalue weighted by atomic mass is 35.5. The average Bonchev–Trinajstić information content (AvgIpc) is 3.17. The molecule has 5 atom stereocenters. The molecule has 0 radical (unpaired) electrons. The third-order valence-corrected chi connectivity index (χ3v) is 6.13. The van der Waals surface area contributed by atoms with E-state index in [4.69, 9.17) is 4.74 Å². The van der Waals surface area contributed by atoms with E-state index in [0.29, 0.717) is 0 Å². The van der Waals surface area contributed by atoms with Gasteiger partial charge in [0.15, 0.2) is 0 Å². The minimum absolute atomic E-state index is 0. The Bertz CT molecular complexity index is 492. The number of hydrogen-bond donors (Lipinski definition) is 1. The summed E-state index contributed by atoms with van der Waals surface area (Å²) < 4.78 is 5.31. The molecule has 3 heteroatoms. The zero-order valence-corrected chi connectivity index (χ0v) is 13.6. The average molecular weight is 308 g/mol. The number of fused-ring (bicyclic) bond motifs is 5. The van der Waals surface area contributed by atoms with Gasteiger partial charge in [-0.1, -0.05) is 18.6 Å². The van der Waals surface area contributed by atoms with Gasteiger partial charge in [-0.3, -0.25) is 0 Å². The number of rotatable bonds is 4. The van der Waals surface area contributed by atoms with Crippen molar-refractivity contribution in [2.45, 2.75) is 44.7 Å². The number of hydrogen-bond acceptors (Lipinski definition) is 2. The van der Waals surface area contributed by atoms with Crippen molar-refractivity contribution in [3.63, 3.8) is 0 Å². The van der Waals surface area contributed by atoms with Gasteiger partial charge in [0.2, 0.25) is 0 Å². The lowest BCUT2D eigenvalue weighted by molar-refractivity contribution is 0.208. The van der Waals surface area contributed by atoms with E-state index < -0.39 is 0 Å². The summed E-state index contributed by atoms with van der Waals surface area (Å²) in [6.07, 6.45) is 7.45. The number of benzene rings is 1.